The van der Waals surface area contributed by atoms with E-state index in [0.717, 1.165) is 51.8 Å². The van der Waals surface area contributed by atoms with Crippen LogP contribution in [0.4, 0.5) is 4.79 Å². The van der Waals surface area contributed by atoms with Crippen LogP contribution in [-0.2, 0) is 48.0 Å². The summed E-state index contributed by atoms with van der Waals surface area (Å²) < 4.78 is 13.4. The SMILES string of the molecule is C=CC(=O)N1CCCN(C(=O)N(C)C(C(=O)NC(Cc2cc(O)cc(-c3ccc4c(c3)c(CC(C)(C)COC=O)c(-c3cccnc3C(C)OC)n4CC)c2)C(=O)N2CCC[C@@H](C)N2)C(C)C)CC1. The van der Waals surface area contributed by atoms with Crippen LogP contribution < -0.4 is 10.7 Å². The number of nitrogens with zero attached hydrogens (tertiary/aromatic N) is 6. The van der Waals surface area contributed by atoms with Gasteiger partial charge in [-0.2, -0.15) is 0 Å². The molecule has 2 saturated heterocycles. The average Bonchev–Trinajstić information content (AvgIpc) is 3.43. The first kappa shape index (κ1) is 52.1. The van der Waals surface area contributed by atoms with Gasteiger partial charge in [-0.05, 0) is 117 Å². The number of carbonyl (C=O) groups excluding carboxylic acids is 5. The highest BCUT2D eigenvalue weighted by molar-refractivity contribution is 5.96. The van der Waals surface area contributed by atoms with Crippen molar-refractivity contribution in [1.82, 2.24) is 40.0 Å². The normalized spacial score (nSPS) is 17.0. The van der Waals surface area contributed by atoms with Gasteiger partial charge >= 0.3 is 6.03 Å². The number of likely N-dealkylation sites (N-methyl/N-ethyl adjacent to an activating group) is 1. The number of urea groups is 1. The Bertz CT molecular complexity index is 2500. The molecule has 4 heterocycles. The molecule has 3 unspecified atom stereocenters. The molecule has 2 aromatic heterocycles. The van der Waals surface area contributed by atoms with Gasteiger partial charge in [-0.3, -0.25) is 29.2 Å². The second kappa shape index (κ2) is 22.9. The van der Waals surface area contributed by atoms with Gasteiger partial charge in [0.1, 0.15) is 17.8 Å². The van der Waals surface area contributed by atoms with E-state index in [4.69, 9.17) is 14.5 Å². The summed E-state index contributed by atoms with van der Waals surface area (Å²) in [5.74, 6) is -1.31. The molecule has 16 nitrogen and oxygen atoms in total. The number of aryl methyl sites for hydroxylation is 1. The summed E-state index contributed by atoms with van der Waals surface area (Å²) >= 11 is 0. The summed E-state index contributed by atoms with van der Waals surface area (Å²) in [5, 5.41) is 17.0. The summed E-state index contributed by atoms with van der Waals surface area (Å²) in [6.07, 6.45) is 5.63. The first-order valence-electron chi connectivity index (χ1n) is 24.2. The Hall–Kier alpha value is -6.26. The van der Waals surface area contributed by atoms with Crippen molar-refractivity contribution in [3.8, 4) is 28.1 Å². The largest absolute Gasteiger partial charge is 0.508 e. The molecule has 0 spiro atoms. The van der Waals surface area contributed by atoms with Gasteiger partial charge in [0.25, 0.3) is 12.4 Å². The Morgan fingerprint density at radius 1 is 1.01 bits per heavy atom. The fraction of sp³-hybridized carbons (Fsp3) is 0.509. The fourth-order valence-corrected chi connectivity index (χ4v) is 9.95. The molecule has 69 heavy (non-hydrogen) atoms. The molecule has 4 aromatic rings. The molecule has 5 amide bonds. The molecular weight excluding hydrogens is 877 g/mol. The number of hydrazine groups is 1. The van der Waals surface area contributed by atoms with E-state index in [1.165, 1.54) is 11.0 Å². The maximum atomic E-state index is 14.6. The van der Waals surface area contributed by atoms with Crippen LogP contribution in [0.5, 0.6) is 5.75 Å². The lowest BCUT2D eigenvalue weighted by Gasteiger charge is -2.37. The molecule has 2 fully saturated rings. The van der Waals surface area contributed by atoms with Gasteiger partial charge in [0.05, 0.1) is 24.1 Å². The zero-order chi connectivity index (χ0) is 50.2. The van der Waals surface area contributed by atoms with E-state index in [-0.39, 0.29) is 54.7 Å². The Morgan fingerprint density at radius 2 is 1.75 bits per heavy atom. The molecule has 6 rings (SSSR count). The van der Waals surface area contributed by atoms with Crippen molar-refractivity contribution < 1.29 is 38.6 Å². The van der Waals surface area contributed by atoms with E-state index < -0.39 is 23.4 Å². The number of aromatic hydroxyl groups is 1. The van der Waals surface area contributed by atoms with Crippen molar-refractivity contribution in [3.05, 3.63) is 84.2 Å². The van der Waals surface area contributed by atoms with Gasteiger partial charge in [-0.15, -0.1) is 0 Å². The number of hydrogen-bond acceptors (Lipinski definition) is 10. The van der Waals surface area contributed by atoms with Crippen molar-refractivity contribution >= 4 is 41.1 Å². The van der Waals surface area contributed by atoms with Gasteiger partial charge in [0.15, 0.2) is 0 Å². The van der Waals surface area contributed by atoms with E-state index >= 15 is 0 Å². The Balaban J connectivity index is 1.37. The lowest BCUT2D eigenvalue weighted by atomic mass is 9.84. The van der Waals surface area contributed by atoms with E-state index in [0.29, 0.717) is 69.7 Å². The van der Waals surface area contributed by atoms with Gasteiger partial charge in [-0.1, -0.05) is 46.4 Å². The van der Waals surface area contributed by atoms with Gasteiger partial charge in [0, 0.05) is 94.0 Å². The molecule has 0 aliphatic carbocycles. The summed E-state index contributed by atoms with van der Waals surface area (Å²) in [5.41, 5.74) is 9.77. The topological polar surface area (TPSA) is 179 Å². The zero-order valence-electron chi connectivity index (χ0n) is 41.9. The molecular formula is C53H72N8O8. The maximum Gasteiger partial charge on any atom is 0.320 e. The third-order valence-corrected chi connectivity index (χ3v) is 13.4. The van der Waals surface area contributed by atoms with Crippen LogP contribution in [0.2, 0.25) is 0 Å². The van der Waals surface area contributed by atoms with Crippen LogP contribution >= 0.6 is 0 Å². The minimum atomic E-state index is -1.06. The van der Waals surface area contributed by atoms with Crippen LogP contribution in [0.25, 0.3) is 33.3 Å². The number of pyridine rings is 1. The summed E-state index contributed by atoms with van der Waals surface area (Å²) in [6, 6.07) is 13.2. The minimum absolute atomic E-state index is 0.00576. The van der Waals surface area contributed by atoms with Crippen LogP contribution in [0, 0.1) is 11.3 Å². The van der Waals surface area contributed by atoms with Gasteiger partial charge < -0.3 is 39.2 Å². The van der Waals surface area contributed by atoms with Gasteiger partial charge in [0.2, 0.25) is 11.8 Å². The quantitative estimate of drug-likeness (QED) is 0.0704. The number of amides is 5. The number of aromatic nitrogens is 2. The van der Waals surface area contributed by atoms with Crippen molar-refractivity contribution in [2.75, 3.05) is 53.5 Å². The number of rotatable bonds is 18. The number of carbonyl (C=O) groups is 5. The molecule has 2 aliphatic heterocycles. The number of phenols is 1. The summed E-state index contributed by atoms with van der Waals surface area (Å²) in [4.78, 5) is 76.4. The molecule has 0 bridgehead atoms. The number of fused-ring (bicyclic) bond motifs is 1. The molecule has 372 valence electrons. The monoisotopic (exact) mass is 949 g/mol. The number of ether oxygens (including phenoxy) is 2. The first-order chi connectivity index (χ1) is 32.9. The molecule has 0 saturated carbocycles. The van der Waals surface area contributed by atoms with Crippen LogP contribution in [-0.4, -0.2) is 136 Å². The van der Waals surface area contributed by atoms with Crippen molar-refractivity contribution in [1.29, 1.82) is 0 Å². The lowest BCUT2D eigenvalue weighted by Crippen LogP contribution is -2.61. The van der Waals surface area contributed by atoms with Crippen molar-refractivity contribution in [2.24, 2.45) is 11.3 Å². The number of nitrogens with one attached hydrogen (secondary N) is 2. The third-order valence-electron chi connectivity index (χ3n) is 13.4. The van der Waals surface area contributed by atoms with E-state index in [1.54, 1.807) is 47.3 Å². The number of benzene rings is 2. The third kappa shape index (κ3) is 12.1. The Morgan fingerprint density at radius 3 is 2.43 bits per heavy atom. The molecule has 0 radical (unpaired) electrons. The highest BCUT2D eigenvalue weighted by Crippen LogP contribution is 2.42. The lowest BCUT2D eigenvalue weighted by molar-refractivity contribution is -0.142. The standard InChI is InChI=1S/C53H72N8O8/c1-11-46(64)58-21-15-22-59(25-24-58)52(67)57(9)48(34(3)4)50(65)55-44(51(66)61-23-14-16-35(5)56-61)28-37-26-39(29-40(63)27-37)38-18-19-45-42(30-38)43(31-53(7,8)32-69-33-62)49(60(45)12-2)41-17-13-20-54-47(41)36(6)68-10/h11,13,17-20,26-27,29-30,33-36,44,48,56,63H,1,12,14-16,21-25,28,31-32H2,2-10H3,(H,55,65)/t35-,36?,44?,48?/m1/s1. The summed E-state index contributed by atoms with van der Waals surface area (Å²) in [6.45, 7) is 20.9. The molecule has 3 N–H and O–H groups in total. The second-order valence-electron chi connectivity index (χ2n) is 19.6. The highest BCUT2D eigenvalue weighted by atomic mass is 16.5. The first-order valence-corrected chi connectivity index (χ1v) is 24.2. The van der Waals surface area contributed by atoms with E-state index in [9.17, 15) is 29.1 Å². The predicted octanol–water partition coefficient (Wildman–Crippen LogP) is 6.88. The Labute approximate surface area is 407 Å². The fourth-order valence-electron chi connectivity index (χ4n) is 9.95. The number of hydrogen-bond donors (Lipinski definition) is 3. The average molecular weight is 949 g/mol. The van der Waals surface area contributed by atoms with Crippen molar-refractivity contribution in [3.63, 3.8) is 0 Å². The van der Waals surface area contributed by atoms with Gasteiger partial charge in [-0.25, -0.2) is 10.2 Å². The predicted molar refractivity (Wildman–Crippen MR) is 267 cm³/mol. The maximum absolute atomic E-state index is 14.6. The van der Waals surface area contributed by atoms with E-state index in [2.05, 4.69) is 60.9 Å². The van der Waals surface area contributed by atoms with E-state index in [1.807, 2.05) is 45.9 Å². The second-order valence-corrected chi connectivity index (χ2v) is 19.6. The Kier molecular flexibility index (Phi) is 17.3. The minimum Gasteiger partial charge on any atom is -0.508 e. The number of methoxy groups -OCH3 is 1. The van der Waals surface area contributed by atoms with Crippen LogP contribution in [0.15, 0.2) is 67.4 Å². The highest BCUT2D eigenvalue weighted by Gasteiger charge is 2.37. The molecule has 2 aromatic carbocycles. The number of phenolic OH excluding ortho intramolecular Hbond substituents is 1. The summed E-state index contributed by atoms with van der Waals surface area (Å²) in [7, 11) is 3.27. The van der Waals surface area contributed by atoms with Crippen molar-refractivity contribution in [2.45, 2.75) is 111 Å². The molecule has 16 heteroatoms. The van der Waals surface area contributed by atoms with Crippen LogP contribution in [0.1, 0.15) is 90.7 Å². The molecule has 2 aliphatic rings. The smallest absolute Gasteiger partial charge is 0.320 e. The molecule has 4 atom stereocenters. The zero-order valence-corrected chi connectivity index (χ0v) is 41.9. The van der Waals surface area contributed by atoms with Crippen LogP contribution in [0.3, 0.4) is 0 Å².